The largest absolute Gasteiger partial charge is 0.416 e. The van der Waals surface area contributed by atoms with Crippen molar-refractivity contribution in [1.82, 2.24) is 9.55 Å². The topological polar surface area (TPSA) is 51.4 Å². The lowest BCUT2D eigenvalue weighted by Crippen LogP contribution is -2.05. The highest BCUT2D eigenvalue weighted by Gasteiger charge is 2.30. The highest BCUT2D eigenvalue weighted by molar-refractivity contribution is 9.18. The normalized spacial score (nSPS) is 16.4. The third-order valence-electron chi connectivity index (χ3n) is 4.50. The van der Waals surface area contributed by atoms with Gasteiger partial charge in [-0.05, 0) is 51.8 Å². The molecule has 0 saturated heterocycles. The van der Waals surface area contributed by atoms with Crippen LogP contribution >= 0.6 is 15.9 Å². The molecule has 0 amide bonds. The summed E-state index contributed by atoms with van der Waals surface area (Å²) in [5.74, 6) is 0. The standard InChI is InChI=1S/C20H16BrF3N4O/c1-28-10-17(25-11-28)15-7-12(18-9-19(21)27-29-18)5-6-16(15)26-14-4-2-3-13(8-14)20(22,23)24/h2-8,10-11,18,26H,9H2,1H3/t18-/m0/s1. The van der Waals surface area contributed by atoms with E-state index in [-0.39, 0.29) is 6.10 Å². The number of benzene rings is 2. The summed E-state index contributed by atoms with van der Waals surface area (Å²) < 4.78 is 41.7. The molecule has 1 N–H and O–H groups in total. The van der Waals surface area contributed by atoms with Crippen molar-refractivity contribution in [1.29, 1.82) is 0 Å². The maximum atomic E-state index is 13.0. The van der Waals surface area contributed by atoms with Gasteiger partial charge in [0.15, 0.2) is 6.10 Å². The number of alkyl halides is 3. The van der Waals surface area contributed by atoms with Crippen molar-refractivity contribution in [2.45, 2.75) is 18.7 Å². The van der Waals surface area contributed by atoms with Gasteiger partial charge in [-0.3, -0.25) is 0 Å². The molecule has 1 aliphatic rings. The Bertz CT molecular complexity index is 1080. The molecule has 5 nitrogen and oxygen atoms in total. The molecule has 2 heterocycles. The molecule has 2 aromatic carbocycles. The minimum atomic E-state index is -4.40. The van der Waals surface area contributed by atoms with Gasteiger partial charge in [-0.25, -0.2) is 4.98 Å². The Balaban J connectivity index is 1.71. The first kappa shape index (κ1) is 19.5. The van der Waals surface area contributed by atoms with E-state index in [9.17, 15) is 13.2 Å². The zero-order valence-corrected chi connectivity index (χ0v) is 16.8. The molecule has 0 radical (unpaired) electrons. The van der Waals surface area contributed by atoms with Gasteiger partial charge in [0.25, 0.3) is 0 Å². The van der Waals surface area contributed by atoms with E-state index in [1.807, 2.05) is 36.0 Å². The first-order chi connectivity index (χ1) is 13.8. The number of hydrogen-bond donors (Lipinski definition) is 1. The van der Waals surface area contributed by atoms with Crippen LogP contribution in [0.5, 0.6) is 0 Å². The van der Waals surface area contributed by atoms with Gasteiger partial charge in [-0.2, -0.15) is 13.2 Å². The molecule has 9 heteroatoms. The Hall–Kier alpha value is -2.81. The van der Waals surface area contributed by atoms with Crippen LogP contribution in [-0.2, 0) is 18.1 Å². The maximum Gasteiger partial charge on any atom is 0.416 e. The molecule has 1 aliphatic heterocycles. The van der Waals surface area contributed by atoms with E-state index in [1.54, 1.807) is 12.4 Å². The van der Waals surface area contributed by atoms with Gasteiger partial charge in [-0.1, -0.05) is 17.3 Å². The van der Waals surface area contributed by atoms with Gasteiger partial charge in [0.1, 0.15) is 4.62 Å². The Kier molecular flexibility index (Phi) is 5.08. The third kappa shape index (κ3) is 4.29. The SMILES string of the molecule is Cn1cnc(-c2cc([C@@H]3CC(Br)=NO3)ccc2Nc2cccc(C(F)(F)F)c2)c1. The smallest absolute Gasteiger partial charge is 0.386 e. The van der Waals surface area contributed by atoms with E-state index >= 15 is 0 Å². The van der Waals surface area contributed by atoms with Crippen LogP contribution in [0.25, 0.3) is 11.3 Å². The molecule has 0 aliphatic carbocycles. The summed E-state index contributed by atoms with van der Waals surface area (Å²) in [5, 5.41) is 7.01. The maximum absolute atomic E-state index is 13.0. The van der Waals surface area contributed by atoms with Gasteiger partial charge in [-0.15, -0.1) is 0 Å². The summed E-state index contributed by atoms with van der Waals surface area (Å²) >= 11 is 3.33. The number of imidazole rings is 1. The number of aryl methyl sites for hydroxylation is 1. The second-order valence-corrected chi connectivity index (χ2v) is 7.61. The van der Waals surface area contributed by atoms with Crippen LogP contribution in [0.4, 0.5) is 24.5 Å². The third-order valence-corrected chi connectivity index (χ3v) is 4.97. The van der Waals surface area contributed by atoms with Crippen LogP contribution in [0.3, 0.4) is 0 Å². The van der Waals surface area contributed by atoms with E-state index in [1.165, 1.54) is 6.07 Å². The van der Waals surface area contributed by atoms with Crippen LogP contribution in [0, 0.1) is 0 Å². The van der Waals surface area contributed by atoms with Gasteiger partial charge in [0, 0.05) is 36.6 Å². The Morgan fingerprint density at radius 1 is 1.21 bits per heavy atom. The Morgan fingerprint density at radius 2 is 2.03 bits per heavy atom. The van der Waals surface area contributed by atoms with E-state index in [4.69, 9.17) is 4.84 Å². The predicted molar refractivity (Wildman–Crippen MR) is 108 cm³/mol. The molecule has 0 spiro atoms. The summed E-state index contributed by atoms with van der Waals surface area (Å²) in [6.07, 6.45) is -0.504. The molecular weight excluding hydrogens is 449 g/mol. The van der Waals surface area contributed by atoms with Crippen molar-refractivity contribution in [2.24, 2.45) is 12.2 Å². The molecule has 4 rings (SSSR count). The number of rotatable bonds is 4. The monoisotopic (exact) mass is 464 g/mol. The molecule has 0 fully saturated rings. The summed E-state index contributed by atoms with van der Waals surface area (Å²) in [5.41, 5.74) is 2.63. The average molecular weight is 465 g/mol. The minimum absolute atomic E-state index is 0.227. The second kappa shape index (κ2) is 7.55. The quantitative estimate of drug-likeness (QED) is 0.513. The summed E-state index contributed by atoms with van der Waals surface area (Å²) in [6.45, 7) is 0. The fourth-order valence-corrected chi connectivity index (χ4v) is 3.47. The van der Waals surface area contributed by atoms with Gasteiger partial charge < -0.3 is 14.7 Å². The lowest BCUT2D eigenvalue weighted by Gasteiger charge is -2.16. The number of nitrogens with one attached hydrogen (secondary N) is 1. The Labute approximate surface area is 173 Å². The molecule has 29 heavy (non-hydrogen) atoms. The van der Waals surface area contributed by atoms with E-state index in [0.29, 0.717) is 23.5 Å². The highest BCUT2D eigenvalue weighted by Crippen LogP contribution is 2.37. The van der Waals surface area contributed by atoms with Crippen molar-refractivity contribution in [3.8, 4) is 11.3 Å². The molecule has 150 valence electrons. The summed E-state index contributed by atoms with van der Waals surface area (Å²) in [6, 6.07) is 10.7. The molecular formula is C20H16BrF3N4O. The van der Waals surface area contributed by atoms with Crippen molar-refractivity contribution in [2.75, 3.05) is 5.32 Å². The number of aromatic nitrogens is 2. The van der Waals surface area contributed by atoms with Gasteiger partial charge in [0.2, 0.25) is 0 Å². The zero-order valence-electron chi connectivity index (χ0n) is 15.2. The van der Waals surface area contributed by atoms with Crippen molar-refractivity contribution < 1.29 is 18.0 Å². The first-order valence-corrected chi connectivity index (χ1v) is 9.53. The van der Waals surface area contributed by atoms with Crippen molar-refractivity contribution in [3.05, 3.63) is 66.1 Å². The number of nitrogens with zero attached hydrogens (tertiary/aromatic N) is 3. The van der Waals surface area contributed by atoms with E-state index < -0.39 is 11.7 Å². The zero-order chi connectivity index (χ0) is 20.6. The highest BCUT2D eigenvalue weighted by atomic mass is 79.9. The molecule has 1 aromatic heterocycles. The number of hydrogen-bond acceptors (Lipinski definition) is 4. The van der Waals surface area contributed by atoms with Crippen LogP contribution in [0.1, 0.15) is 23.7 Å². The predicted octanol–water partition coefficient (Wildman–Crippen LogP) is 6.02. The van der Waals surface area contributed by atoms with E-state index in [0.717, 1.165) is 27.9 Å². The fourth-order valence-electron chi connectivity index (χ4n) is 3.09. The van der Waals surface area contributed by atoms with Crippen LogP contribution in [-0.4, -0.2) is 14.2 Å². The molecule has 1 atom stereocenters. The van der Waals surface area contributed by atoms with Gasteiger partial charge >= 0.3 is 6.18 Å². The summed E-state index contributed by atoms with van der Waals surface area (Å²) in [4.78, 5) is 9.82. The van der Waals surface area contributed by atoms with Gasteiger partial charge in [0.05, 0.1) is 17.6 Å². The summed E-state index contributed by atoms with van der Waals surface area (Å²) in [7, 11) is 1.85. The number of anilines is 2. The number of halogens is 4. The first-order valence-electron chi connectivity index (χ1n) is 8.74. The minimum Gasteiger partial charge on any atom is -0.386 e. The van der Waals surface area contributed by atoms with Crippen molar-refractivity contribution in [3.63, 3.8) is 0 Å². The molecule has 3 aromatic rings. The Morgan fingerprint density at radius 3 is 2.69 bits per heavy atom. The average Bonchev–Trinajstić information content (AvgIpc) is 3.30. The number of oxime groups is 1. The lowest BCUT2D eigenvalue weighted by molar-refractivity contribution is -0.137. The fraction of sp³-hybridized carbons (Fsp3) is 0.200. The molecule has 0 bridgehead atoms. The van der Waals surface area contributed by atoms with Crippen LogP contribution < -0.4 is 5.32 Å². The molecule has 0 saturated carbocycles. The van der Waals surface area contributed by atoms with E-state index in [2.05, 4.69) is 31.4 Å². The van der Waals surface area contributed by atoms with Crippen LogP contribution in [0.2, 0.25) is 0 Å². The van der Waals surface area contributed by atoms with Crippen molar-refractivity contribution >= 4 is 31.9 Å². The second-order valence-electron chi connectivity index (χ2n) is 6.70. The molecule has 0 unspecified atom stereocenters. The lowest BCUT2D eigenvalue weighted by atomic mass is 10.0. The van der Waals surface area contributed by atoms with Crippen LogP contribution in [0.15, 0.2) is 60.1 Å².